The largest absolute Gasteiger partial charge is 0.507 e. The van der Waals surface area contributed by atoms with Gasteiger partial charge in [-0.25, -0.2) is 9.78 Å². The van der Waals surface area contributed by atoms with Crippen LogP contribution in [0.3, 0.4) is 0 Å². The van der Waals surface area contributed by atoms with E-state index < -0.39 is 49.4 Å². The first-order chi connectivity index (χ1) is 17.7. The maximum atomic E-state index is 12.9. The van der Waals surface area contributed by atoms with Gasteiger partial charge < -0.3 is 14.8 Å². The third kappa shape index (κ3) is 6.01. The Morgan fingerprint density at radius 1 is 1.13 bits per heavy atom. The van der Waals surface area contributed by atoms with Crippen molar-refractivity contribution in [1.82, 2.24) is 15.2 Å². The van der Waals surface area contributed by atoms with Gasteiger partial charge in [0.15, 0.2) is 0 Å². The van der Waals surface area contributed by atoms with Crippen LogP contribution in [-0.4, -0.2) is 71.6 Å². The summed E-state index contributed by atoms with van der Waals surface area (Å²) in [7, 11) is -8.95. The standard InChI is InChI=1S/C22H21N3O10S3/c1-25(11-18(27)23-9-19(37(29,30)31)38(32,33)34)10-14-16(26)7-6-12-8-13(22(28)35-20(12)14)21-24-15-4-2-3-5-17(15)36-21/h2-8,19,26H,9-11H2,1H3,(H,23,27)(H,29,30,31)(H,32,33,34). The molecule has 0 aliphatic rings. The molecule has 0 bridgehead atoms. The number of phenols is 1. The van der Waals surface area contributed by atoms with Gasteiger partial charge in [0, 0.05) is 11.9 Å². The monoisotopic (exact) mass is 583 g/mol. The molecule has 0 atom stereocenters. The van der Waals surface area contributed by atoms with Crippen molar-refractivity contribution in [1.29, 1.82) is 0 Å². The number of nitrogens with one attached hydrogen (secondary N) is 1. The van der Waals surface area contributed by atoms with Crippen molar-refractivity contribution in [2.24, 2.45) is 0 Å². The summed E-state index contributed by atoms with van der Waals surface area (Å²) in [5.41, 5.74) is 0.586. The van der Waals surface area contributed by atoms with Gasteiger partial charge in [-0.3, -0.25) is 18.8 Å². The number of para-hydroxylation sites is 1. The van der Waals surface area contributed by atoms with Crippen LogP contribution >= 0.6 is 11.3 Å². The Morgan fingerprint density at radius 3 is 2.47 bits per heavy atom. The van der Waals surface area contributed by atoms with Gasteiger partial charge in [0.2, 0.25) is 10.5 Å². The molecule has 0 radical (unpaired) electrons. The normalized spacial score (nSPS) is 12.6. The molecule has 16 heteroatoms. The number of benzene rings is 2. The van der Waals surface area contributed by atoms with E-state index in [-0.39, 0.29) is 29.0 Å². The van der Waals surface area contributed by atoms with Crippen LogP contribution in [0.5, 0.6) is 5.75 Å². The molecule has 0 saturated heterocycles. The number of amides is 1. The molecule has 0 unspecified atom stereocenters. The third-order valence-corrected chi connectivity index (χ3v) is 9.67. The molecule has 1 amide bonds. The van der Waals surface area contributed by atoms with Crippen LogP contribution in [0.15, 0.2) is 51.7 Å². The SMILES string of the molecule is CN(CC(=O)NCC(S(=O)(=O)O)S(=O)(=O)O)Cc1c(O)ccc2cc(-c3nc4ccccc4s3)c(=O)oc12. The Labute approximate surface area is 219 Å². The number of aromatic hydroxyl groups is 1. The first kappa shape index (κ1) is 27.6. The van der Waals surface area contributed by atoms with Crippen LogP contribution in [0.2, 0.25) is 0 Å². The van der Waals surface area contributed by atoms with Gasteiger partial charge >= 0.3 is 5.63 Å². The number of aromatic nitrogens is 1. The summed E-state index contributed by atoms with van der Waals surface area (Å²) in [6.07, 6.45) is 0. The summed E-state index contributed by atoms with van der Waals surface area (Å²) in [5.74, 6) is -1.05. The second-order valence-electron chi connectivity index (χ2n) is 8.35. The number of likely N-dealkylation sites (N-methyl/N-ethyl adjacent to an activating group) is 1. The molecule has 4 rings (SSSR count). The molecule has 2 aromatic heterocycles. The molecule has 2 heterocycles. The predicted octanol–water partition coefficient (Wildman–Crippen LogP) is 1.43. The highest BCUT2D eigenvalue weighted by molar-refractivity contribution is 8.04. The van der Waals surface area contributed by atoms with Crippen molar-refractivity contribution in [2.45, 2.75) is 11.1 Å². The van der Waals surface area contributed by atoms with E-state index in [2.05, 4.69) is 4.98 Å². The van der Waals surface area contributed by atoms with E-state index in [4.69, 9.17) is 13.5 Å². The summed E-state index contributed by atoms with van der Waals surface area (Å²) in [4.78, 5) is 30.9. The highest BCUT2D eigenvalue weighted by Gasteiger charge is 2.35. The predicted molar refractivity (Wildman–Crippen MR) is 139 cm³/mol. The molecule has 2 aromatic carbocycles. The van der Waals surface area contributed by atoms with Crippen molar-refractivity contribution >= 4 is 58.7 Å². The first-order valence-electron chi connectivity index (χ1n) is 10.8. The number of hydrogen-bond acceptors (Lipinski definition) is 11. The van der Waals surface area contributed by atoms with Crippen LogP contribution in [0.4, 0.5) is 0 Å². The van der Waals surface area contributed by atoms with Gasteiger partial charge in [-0.1, -0.05) is 12.1 Å². The Kier molecular flexibility index (Phi) is 7.55. The molecule has 0 aliphatic heterocycles. The van der Waals surface area contributed by atoms with E-state index in [0.29, 0.717) is 10.4 Å². The van der Waals surface area contributed by atoms with Crippen molar-refractivity contribution in [3.63, 3.8) is 0 Å². The fourth-order valence-corrected chi connectivity index (χ4v) is 6.50. The number of carbonyl (C=O) groups is 1. The minimum absolute atomic E-state index is 0.0879. The summed E-state index contributed by atoms with van der Waals surface area (Å²) >= 11 is 1.33. The molecule has 13 nitrogen and oxygen atoms in total. The van der Waals surface area contributed by atoms with Crippen LogP contribution in [0.25, 0.3) is 31.8 Å². The van der Waals surface area contributed by atoms with Gasteiger partial charge in [0.1, 0.15) is 16.3 Å². The molecule has 0 fully saturated rings. The Bertz CT molecular complexity index is 1750. The van der Waals surface area contributed by atoms with E-state index in [9.17, 15) is 31.5 Å². The second-order valence-corrected chi connectivity index (χ2v) is 12.9. The van der Waals surface area contributed by atoms with Crippen LogP contribution in [0, 0.1) is 0 Å². The average Bonchev–Trinajstić information content (AvgIpc) is 3.23. The summed E-state index contributed by atoms with van der Waals surface area (Å²) < 4.78 is 66.5. The van der Waals surface area contributed by atoms with E-state index in [1.165, 1.54) is 29.4 Å². The molecule has 4 N–H and O–H groups in total. The highest BCUT2D eigenvalue weighted by Crippen LogP contribution is 2.32. The summed E-state index contributed by atoms with van der Waals surface area (Å²) in [5, 5.41) is 13.4. The van der Waals surface area contributed by atoms with Gasteiger partial charge in [0.25, 0.3) is 20.2 Å². The van der Waals surface area contributed by atoms with Crippen molar-refractivity contribution in [3.8, 4) is 16.3 Å². The lowest BCUT2D eigenvalue weighted by atomic mass is 10.1. The van der Waals surface area contributed by atoms with E-state index in [1.807, 2.05) is 29.6 Å². The third-order valence-electron chi connectivity index (χ3n) is 5.48. The zero-order chi connectivity index (χ0) is 27.8. The van der Waals surface area contributed by atoms with Crippen LogP contribution in [-0.2, 0) is 31.6 Å². The Balaban J connectivity index is 1.54. The lowest BCUT2D eigenvalue weighted by Gasteiger charge is -2.18. The number of carbonyl (C=O) groups excluding carboxylic acids is 1. The molecular weight excluding hydrogens is 562 g/mol. The van der Waals surface area contributed by atoms with E-state index >= 15 is 0 Å². The van der Waals surface area contributed by atoms with Gasteiger partial charge in [-0.05, 0) is 37.4 Å². The molecule has 0 spiro atoms. The lowest BCUT2D eigenvalue weighted by molar-refractivity contribution is -0.121. The number of rotatable bonds is 9. The van der Waals surface area contributed by atoms with E-state index in [0.717, 1.165) is 10.2 Å². The number of phenolic OH excluding ortho intramolecular Hbond substituents is 1. The van der Waals surface area contributed by atoms with Gasteiger partial charge in [-0.15, -0.1) is 11.3 Å². The second kappa shape index (κ2) is 10.4. The summed E-state index contributed by atoms with van der Waals surface area (Å²) in [6.45, 7) is -1.60. The van der Waals surface area contributed by atoms with Crippen molar-refractivity contribution in [2.75, 3.05) is 20.1 Å². The quantitative estimate of drug-likeness (QED) is 0.163. The average molecular weight is 584 g/mol. The zero-order valence-corrected chi connectivity index (χ0v) is 22.0. The van der Waals surface area contributed by atoms with Crippen LogP contribution < -0.4 is 10.9 Å². The molecule has 0 saturated carbocycles. The van der Waals surface area contributed by atoms with E-state index in [1.54, 1.807) is 12.1 Å². The first-order valence-corrected chi connectivity index (χ1v) is 14.6. The minimum atomic E-state index is -5.21. The van der Waals surface area contributed by atoms with Crippen LogP contribution in [0.1, 0.15) is 5.56 Å². The molecule has 4 aromatic rings. The van der Waals surface area contributed by atoms with Crippen molar-refractivity contribution in [3.05, 3.63) is 58.4 Å². The van der Waals surface area contributed by atoms with Crippen molar-refractivity contribution < 1.29 is 40.3 Å². The maximum absolute atomic E-state index is 12.9. The van der Waals surface area contributed by atoms with Gasteiger partial charge in [0.05, 0.1) is 34.4 Å². The molecular formula is C22H21N3O10S3. The number of thiazole rings is 1. The fourth-order valence-electron chi connectivity index (χ4n) is 3.71. The number of nitrogens with zero attached hydrogens (tertiary/aromatic N) is 2. The van der Waals surface area contributed by atoms with Gasteiger partial charge in [-0.2, -0.15) is 16.8 Å². The summed E-state index contributed by atoms with van der Waals surface area (Å²) in [6, 6.07) is 12.0. The number of hydrogen-bond donors (Lipinski definition) is 4. The zero-order valence-electron chi connectivity index (χ0n) is 19.6. The minimum Gasteiger partial charge on any atom is -0.507 e. The Hall–Kier alpha value is -3.41. The maximum Gasteiger partial charge on any atom is 0.346 e. The topological polar surface area (TPSA) is 204 Å². The number of fused-ring (bicyclic) bond motifs is 2. The fraction of sp³-hybridized carbons (Fsp3) is 0.227. The Morgan fingerprint density at radius 2 is 1.82 bits per heavy atom. The molecule has 38 heavy (non-hydrogen) atoms. The highest BCUT2D eigenvalue weighted by atomic mass is 32.3. The smallest absolute Gasteiger partial charge is 0.346 e. The lowest BCUT2D eigenvalue weighted by Crippen LogP contribution is -2.44. The molecule has 202 valence electrons. The molecule has 0 aliphatic carbocycles.